The molecule has 1 N–H and O–H groups in total. The lowest BCUT2D eigenvalue weighted by Gasteiger charge is -2.36. The highest BCUT2D eigenvalue weighted by molar-refractivity contribution is 6.30. The predicted molar refractivity (Wildman–Crippen MR) is 85.1 cm³/mol. The van der Waals surface area contributed by atoms with E-state index in [4.69, 9.17) is 11.6 Å². The first kappa shape index (κ1) is 16.0. The molecular weight excluding hydrogens is 292 g/mol. The fourth-order valence-electron chi connectivity index (χ4n) is 2.45. The molecule has 2 rings (SSSR count). The fourth-order valence-corrected chi connectivity index (χ4v) is 2.62. The van der Waals surface area contributed by atoms with Crippen LogP contribution in [0.1, 0.15) is 6.92 Å². The largest absolute Gasteiger partial charge is 0.378 e. The smallest absolute Gasteiger partial charge is 0.293 e. The number of anilines is 1. The molecule has 1 heterocycles. The van der Waals surface area contributed by atoms with Gasteiger partial charge in [-0.3, -0.25) is 15.0 Å². The number of nitro groups is 1. The Balaban J connectivity index is 1.95. The number of piperazine rings is 1. The molecule has 0 radical (unpaired) electrons. The molecule has 6 nitrogen and oxygen atoms in total. The van der Waals surface area contributed by atoms with Crippen molar-refractivity contribution in [2.24, 2.45) is 0 Å². The van der Waals surface area contributed by atoms with Crippen molar-refractivity contribution >= 4 is 23.0 Å². The van der Waals surface area contributed by atoms with Gasteiger partial charge in [0.1, 0.15) is 5.69 Å². The molecule has 1 saturated heterocycles. The van der Waals surface area contributed by atoms with Gasteiger partial charge in [-0.05, 0) is 26.1 Å². The topological polar surface area (TPSA) is 61.7 Å². The van der Waals surface area contributed by atoms with E-state index in [0.29, 0.717) is 23.3 Å². The standard InChI is InChI=1S/C14H21ClN4O2/c1-11(18-7-5-17(2)6-8-18)10-16-13-4-3-12(15)9-14(13)19(20)21/h3-4,9,11,16H,5-8,10H2,1-2H3. The van der Waals surface area contributed by atoms with Crippen LogP contribution in [-0.2, 0) is 0 Å². The molecule has 1 aromatic rings. The molecule has 7 heteroatoms. The van der Waals surface area contributed by atoms with Gasteiger partial charge in [-0.2, -0.15) is 0 Å². The molecule has 0 amide bonds. The minimum Gasteiger partial charge on any atom is -0.378 e. The average Bonchev–Trinajstić information content (AvgIpc) is 2.46. The molecule has 0 aliphatic carbocycles. The van der Waals surface area contributed by atoms with Crippen molar-refractivity contribution in [2.75, 3.05) is 45.1 Å². The van der Waals surface area contributed by atoms with E-state index < -0.39 is 4.92 Å². The molecule has 1 aliphatic rings. The van der Waals surface area contributed by atoms with Crippen LogP contribution in [0.25, 0.3) is 0 Å². The molecule has 1 unspecified atom stereocenters. The highest BCUT2D eigenvalue weighted by atomic mass is 35.5. The number of nitrogens with zero attached hydrogens (tertiary/aromatic N) is 3. The monoisotopic (exact) mass is 312 g/mol. The van der Waals surface area contributed by atoms with Crippen LogP contribution < -0.4 is 5.32 Å². The van der Waals surface area contributed by atoms with Crippen LogP contribution in [-0.4, -0.2) is 60.5 Å². The quantitative estimate of drug-likeness (QED) is 0.667. The van der Waals surface area contributed by atoms with Crippen LogP contribution in [0.2, 0.25) is 5.02 Å². The summed E-state index contributed by atoms with van der Waals surface area (Å²) in [5.41, 5.74) is 0.540. The third-order valence-electron chi connectivity index (χ3n) is 3.91. The fraction of sp³-hybridized carbons (Fsp3) is 0.571. The zero-order valence-corrected chi connectivity index (χ0v) is 13.1. The second-order valence-electron chi connectivity index (χ2n) is 5.49. The number of hydrogen-bond acceptors (Lipinski definition) is 5. The Bertz CT molecular complexity index is 504. The van der Waals surface area contributed by atoms with Gasteiger partial charge in [0.05, 0.1) is 4.92 Å². The first-order chi connectivity index (χ1) is 9.97. The van der Waals surface area contributed by atoms with Crippen LogP contribution in [0.3, 0.4) is 0 Å². The molecule has 21 heavy (non-hydrogen) atoms. The Hall–Kier alpha value is -1.37. The van der Waals surface area contributed by atoms with Crippen LogP contribution >= 0.6 is 11.6 Å². The highest BCUT2D eigenvalue weighted by Gasteiger charge is 2.20. The molecule has 1 aliphatic heterocycles. The van der Waals surface area contributed by atoms with Gasteiger partial charge in [0.15, 0.2) is 0 Å². The normalized spacial score (nSPS) is 18.4. The zero-order valence-electron chi connectivity index (χ0n) is 12.4. The van der Waals surface area contributed by atoms with E-state index in [1.165, 1.54) is 6.07 Å². The summed E-state index contributed by atoms with van der Waals surface area (Å²) in [6.45, 7) is 6.99. The third-order valence-corrected chi connectivity index (χ3v) is 4.14. The maximum Gasteiger partial charge on any atom is 0.293 e. The van der Waals surface area contributed by atoms with Crippen molar-refractivity contribution in [1.29, 1.82) is 0 Å². The Morgan fingerprint density at radius 2 is 2.05 bits per heavy atom. The van der Waals surface area contributed by atoms with Gasteiger partial charge in [-0.15, -0.1) is 0 Å². The first-order valence-electron chi connectivity index (χ1n) is 7.08. The van der Waals surface area contributed by atoms with E-state index in [1.54, 1.807) is 12.1 Å². The molecule has 1 atom stereocenters. The lowest BCUT2D eigenvalue weighted by Crippen LogP contribution is -2.49. The average molecular weight is 313 g/mol. The number of rotatable bonds is 5. The van der Waals surface area contributed by atoms with Crippen molar-refractivity contribution < 1.29 is 4.92 Å². The Morgan fingerprint density at radius 1 is 1.38 bits per heavy atom. The van der Waals surface area contributed by atoms with Gasteiger partial charge in [-0.25, -0.2) is 0 Å². The molecule has 1 aromatic carbocycles. The van der Waals surface area contributed by atoms with Gasteiger partial charge < -0.3 is 10.2 Å². The van der Waals surface area contributed by atoms with Crippen molar-refractivity contribution in [2.45, 2.75) is 13.0 Å². The van der Waals surface area contributed by atoms with E-state index in [2.05, 4.69) is 29.1 Å². The molecule has 0 bridgehead atoms. The van der Waals surface area contributed by atoms with Crippen molar-refractivity contribution in [3.8, 4) is 0 Å². The van der Waals surface area contributed by atoms with E-state index in [-0.39, 0.29) is 5.69 Å². The minimum atomic E-state index is -0.408. The van der Waals surface area contributed by atoms with Gasteiger partial charge in [0, 0.05) is 49.9 Å². The number of hydrogen-bond donors (Lipinski definition) is 1. The molecule has 0 saturated carbocycles. The Labute approximate surface area is 129 Å². The van der Waals surface area contributed by atoms with Gasteiger partial charge in [0.2, 0.25) is 0 Å². The highest BCUT2D eigenvalue weighted by Crippen LogP contribution is 2.27. The second kappa shape index (κ2) is 7.06. The van der Waals surface area contributed by atoms with E-state index in [9.17, 15) is 10.1 Å². The number of nitrogens with one attached hydrogen (secondary N) is 1. The summed E-state index contributed by atoms with van der Waals surface area (Å²) >= 11 is 5.81. The van der Waals surface area contributed by atoms with E-state index in [1.807, 2.05) is 0 Å². The SMILES string of the molecule is CC(CNc1ccc(Cl)cc1[N+](=O)[O-])N1CCN(C)CC1. The maximum absolute atomic E-state index is 11.0. The van der Waals surface area contributed by atoms with Gasteiger partial charge in [-0.1, -0.05) is 11.6 Å². The summed E-state index contributed by atoms with van der Waals surface area (Å²) in [4.78, 5) is 15.3. The first-order valence-corrected chi connectivity index (χ1v) is 7.45. The molecule has 116 valence electrons. The minimum absolute atomic E-state index is 0.0214. The lowest BCUT2D eigenvalue weighted by molar-refractivity contribution is -0.383. The Morgan fingerprint density at radius 3 is 2.67 bits per heavy atom. The van der Waals surface area contributed by atoms with Gasteiger partial charge >= 0.3 is 0 Å². The summed E-state index contributed by atoms with van der Waals surface area (Å²) in [5.74, 6) is 0. The summed E-state index contributed by atoms with van der Waals surface area (Å²) in [6.07, 6.45) is 0. The number of likely N-dealkylation sites (N-methyl/N-ethyl adjacent to an activating group) is 1. The molecule has 0 spiro atoms. The summed E-state index contributed by atoms with van der Waals surface area (Å²) in [6, 6.07) is 5.04. The predicted octanol–water partition coefficient (Wildman–Crippen LogP) is 2.30. The van der Waals surface area contributed by atoms with Crippen molar-refractivity contribution in [3.63, 3.8) is 0 Å². The van der Waals surface area contributed by atoms with Crippen molar-refractivity contribution in [3.05, 3.63) is 33.3 Å². The van der Waals surface area contributed by atoms with Crippen LogP contribution in [0.15, 0.2) is 18.2 Å². The van der Waals surface area contributed by atoms with E-state index in [0.717, 1.165) is 26.2 Å². The number of halogens is 1. The van der Waals surface area contributed by atoms with Crippen molar-refractivity contribution in [1.82, 2.24) is 9.80 Å². The summed E-state index contributed by atoms with van der Waals surface area (Å²) in [7, 11) is 2.12. The van der Waals surface area contributed by atoms with Crippen LogP contribution in [0, 0.1) is 10.1 Å². The Kier molecular flexibility index (Phi) is 5.39. The third kappa shape index (κ3) is 4.30. The number of benzene rings is 1. The van der Waals surface area contributed by atoms with Crippen LogP contribution in [0.5, 0.6) is 0 Å². The molecule has 0 aromatic heterocycles. The zero-order chi connectivity index (χ0) is 15.4. The molecular formula is C14H21ClN4O2. The lowest BCUT2D eigenvalue weighted by atomic mass is 10.2. The molecule has 1 fully saturated rings. The maximum atomic E-state index is 11.0. The number of nitro benzene ring substituents is 1. The summed E-state index contributed by atoms with van der Waals surface area (Å²) < 4.78 is 0. The van der Waals surface area contributed by atoms with E-state index >= 15 is 0 Å². The summed E-state index contributed by atoms with van der Waals surface area (Å²) in [5, 5.41) is 14.6. The second-order valence-corrected chi connectivity index (χ2v) is 5.92. The van der Waals surface area contributed by atoms with Gasteiger partial charge in [0.25, 0.3) is 5.69 Å². The van der Waals surface area contributed by atoms with Crippen LogP contribution in [0.4, 0.5) is 11.4 Å².